The van der Waals surface area contributed by atoms with Crippen molar-refractivity contribution in [1.29, 1.82) is 5.26 Å². The van der Waals surface area contributed by atoms with Crippen LogP contribution < -0.4 is 0 Å². The Morgan fingerprint density at radius 1 is 1.70 bits per heavy atom. The van der Waals surface area contributed by atoms with Gasteiger partial charge in [0.05, 0.1) is 11.6 Å². The number of hydrogen-bond donors (Lipinski definition) is 0. The molecule has 0 aromatic rings. The molecule has 0 amide bonds. The lowest BCUT2D eigenvalue weighted by Gasteiger charge is -2.03. The van der Waals surface area contributed by atoms with Crippen molar-refractivity contribution in [2.45, 2.75) is 6.42 Å². The number of carbonyl (C=O) groups is 1. The van der Waals surface area contributed by atoms with Gasteiger partial charge in [0, 0.05) is 26.7 Å². The summed E-state index contributed by atoms with van der Waals surface area (Å²) in [7, 11) is 3.62. The maximum absolute atomic E-state index is 9.95. The number of carbonyl (C=O) groups excluding carboxylic acids is 1. The van der Waals surface area contributed by atoms with Gasteiger partial charge in [-0.15, -0.1) is 0 Å². The van der Waals surface area contributed by atoms with Crippen molar-refractivity contribution in [2.75, 3.05) is 14.1 Å². The molecule has 0 rings (SSSR count). The highest BCUT2D eigenvalue weighted by Gasteiger charge is 1.92. The Bertz CT molecular complexity index is 177. The minimum Gasteiger partial charge on any atom is -0.383 e. The highest BCUT2D eigenvalue weighted by molar-refractivity contribution is 5.56. The van der Waals surface area contributed by atoms with E-state index in [1.54, 1.807) is 11.1 Å². The molecule has 0 fully saturated rings. The molecule has 0 spiro atoms. The maximum atomic E-state index is 9.95. The molecule has 0 aromatic carbocycles. The van der Waals surface area contributed by atoms with Gasteiger partial charge < -0.3 is 9.69 Å². The van der Waals surface area contributed by atoms with E-state index in [2.05, 4.69) is 0 Å². The molecule has 0 bridgehead atoms. The smallest absolute Gasteiger partial charge is 0.125 e. The van der Waals surface area contributed by atoms with Crippen LogP contribution in [0.2, 0.25) is 0 Å². The molecule has 0 heterocycles. The average molecular weight is 138 g/mol. The van der Waals surface area contributed by atoms with Crippen molar-refractivity contribution in [3.63, 3.8) is 0 Å². The molecule has 0 aromatic heterocycles. The second-order valence-corrected chi connectivity index (χ2v) is 2.10. The van der Waals surface area contributed by atoms with Gasteiger partial charge in [-0.2, -0.15) is 5.26 Å². The van der Waals surface area contributed by atoms with Crippen molar-refractivity contribution in [3.05, 3.63) is 11.8 Å². The Morgan fingerprint density at radius 2 is 2.30 bits per heavy atom. The lowest BCUT2D eigenvalue weighted by molar-refractivity contribution is -0.107. The van der Waals surface area contributed by atoms with Gasteiger partial charge in [0.25, 0.3) is 0 Å². The number of nitrogens with zero attached hydrogens (tertiary/aromatic N) is 2. The predicted octanol–water partition coefficient (Wildman–Crippen LogP) is 0.544. The standard InChI is InChI=1S/C7H10N2O/c1-9(2)6-7(5-8)3-4-10/h4,6H,3H2,1-2H3. The van der Waals surface area contributed by atoms with Crippen LogP contribution in [0.5, 0.6) is 0 Å². The summed E-state index contributed by atoms with van der Waals surface area (Å²) in [5.41, 5.74) is 0.486. The first-order chi connectivity index (χ1) is 4.70. The molecule has 0 N–H and O–H groups in total. The van der Waals surface area contributed by atoms with Crippen molar-refractivity contribution < 1.29 is 4.79 Å². The Hall–Kier alpha value is -1.30. The van der Waals surface area contributed by atoms with E-state index in [0.717, 1.165) is 6.29 Å². The van der Waals surface area contributed by atoms with Gasteiger partial charge in [-0.25, -0.2) is 0 Å². The van der Waals surface area contributed by atoms with E-state index < -0.39 is 0 Å². The third-order valence-corrected chi connectivity index (χ3v) is 0.861. The largest absolute Gasteiger partial charge is 0.383 e. The Balaban J connectivity index is 4.07. The molecule has 10 heavy (non-hydrogen) atoms. The molecule has 0 aliphatic heterocycles. The van der Waals surface area contributed by atoms with Gasteiger partial charge >= 0.3 is 0 Å². The second kappa shape index (κ2) is 4.57. The van der Waals surface area contributed by atoms with Gasteiger partial charge in [-0.05, 0) is 0 Å². The summed E-state index contributed by atoms with van der Waals surface area (Å²) in [4.78, 5) is 11.7. The molecule has 3 heteroatoms. The Labute approximate surface area is 60.6 Å². The second-order valence-electron chi connectivity index (χ2n) is 2.10. The fraction of sp³-hybridized carbons (Fsp3) is 0.429. The van der Waals surface area contributed by atoms with Crippen molar-refractivity contribution >= 4 is 6.29 Å². The fourth-order valence-corrected chi connectivity index (χ4v) is 0.529. The number of aldehydes is 1. The zero-order chi connectivity index (χ0) is 7.98. The fourth-order valence-electron chi connectivity index (χ4n) is 0.529. The summed E-state index contributed by atoms with van der Waals surface area (Å²) < 4.78 is 0. The highest BCUT2D eigenvalue weighted by Crippen LogP contribution is 1.96. The summed E-state index contributed by atoms with van der Waals surface area (Å²) in [6.45, 7) is 0. The lowest BCUT2D eigenvalue weighted by atomic mass is 10.2. The minimum absolute atomic E-state index is 0.203. The molecular weight excluding hydrogens is 128 g/mol. The molecule has 3 nitrogen and oxygen atoms in total. The van der Waals surface area contributed by atoms with Crippen molar-refractivity contribution in [3.8, 4) is 6.07 Å². The van der Waals surface area contributed by atoms with Crippen LogP contribution in [0.1, 0.15) is 6.42 Å². The topological polar surface area (TPSA) is 44.1 Å². The molecule has 0 radical (unpaired) electrons. The molecule has 0 saturated carbocycles. The van der Waals surface area contributed by atoms with E-state index in [4.69, 9.17) is 5.26 Å². The van der Waals surface area contributed by atoms with Crippen LogP contribution in [-0.2, 0) is 4.79 Å². The van der Waals surface area contributed by atoms with E-state index in [-0.39, 0.29) is 6.42 Å². The van der Waals surface area contributed by atoms with E-state index in [0.29, 0.717) is 5.57 Å². The van der Waals surface area contributed by atoms with E-state index in [1.165, 1.54) is 0 Å². The lowest BCUT2D eigenvalue weighted by Crippen LogP contribution is -2.02. The Morgan fingerprint density at radius 3 is 2.60 bits per heavy atom. The maximum Gasteiger partial charge on any atom is 0.125 e. The van der Waals surface area contributed by atoms with E-state index in [1.807, 2.05) is 20.2 Å². The van der Waals surface area contributed by atoms with Gasteiger partial charge in [-0.1, -0.05) is 0 Å². The first-order valence-electron chi connectivity index (χ1n) is 2.91. The Kier molecular flexibility index (Phi) is 3.97. The highest BCUT2D eigenvalue weighted by atomic mass is 16.1. The third-order valence-electron chi connectivity index (χ3n) is 0.861. The molecule has 0 saturated heterocycles. The normalized spacial score (nSPS) is 10.3. The molecule has 0 unspecified atom stereocenters. The van der Waals surface area contributed by atoms with Gasteiger partial charge in [0.2, 0.25) is 0 Å². The number of hydrogen-bond acceptors (Lipinski definition) is 3. The molecule has 0 aliphatic carbocycles. The average Bonchev–Trinajstić information content (AvgIpc) is 1.86. The van der Waals surface area contributed by atoms with Crippen LogP contribution in [0, 0.1) is 11.3 Å². The number of allylic oxidation sites excluding steroid dienone is 1. The van der Waals surface area contributed by atoms with E-state index in [9.17, 15) is 4.79 Å². The van der Waals surface area contributed by atoms with Crippen molar-refractivity contribution in [1.82, 2.24) is 4.90 Å². The summed E-state index contributed by atoms with van der Waals surface area (Å²) in [6, 6.07) is 1.92. The van der Waals surface area contributed by atoms with E-state index >= 15 is 0 Å². The number of rotatable bonds is 3. The van der Waals surface area contributed by atoms with Gasteiger partial charge in [-0.3, -0.25) is 0 Å². The van der Waals surface area contributed by atoms with Crippen LogP contribution >= 0.6 is 0 Å². The minimum atomic E-state index is 0.203. The first-order valence-corrected chi connectivity index (χ1v) is 2.91. The number of nitriles is 1. The van der Waals surface area contributed by atoms with Crippen molar-refractivity contribution in [2.24, 2.45) is 0 Å². The van der Waals surface area contributed by atoms with Gasteiger partial charge in [0.1, 0.15) is 6.29 Å². The monoisotopic (exact) mass is 138 g/mol. The summed E-state index contributed by atoms with van der Waals surface area (Å²) in [6.07, 6.45) is 2.56. The molecule has 0 aliphatic rings. The molecular formula is C7H10N2O. The SMILES string of the molecule is CN(C)C=C(C#N)CC=O. The molecule has 0 atom stereocenters. The van der Waals surface area contributed by atoms with Gasteiger partial charge in [0.15, 0.2) is 0 Å². The van der Waals surface area contributed by atoms with Crippen LogP contribution in [0.25, 0.3) is 0 Å². The van der Waals surface area contributed by atoms with Crippen LogP contribution in [0.15, 0.2) is 11.8 Å². The third kappa shape index (κ3) is 3.67. The van der Waals surface area contributed by atoms with Crippen LogP contribution in [0.3, 0.4) is 0 Å². The summed E-state index contributed by atoms with van der Waals surface area (Å²) in [5.74, 6) is 0. The predicted molar refractivity (Wildman–Crippen MR) is 38.1 cm³/mol. The summed E-state index contributed by atoms with van der Waals surface area (Å²) >= 11 is 0. The van der Waals surface area contributed by atoms with Crippen LogP contribution in [-0.4, -0.2) is 25.3 Å². The summed E-state index contributed by atoms with van der Waals surface area (Å²) in [5, 5.41) is 8.40. The molecule has 54 valence electrons. The zero-order valence-corrected chi connectivity index (χ0v) is 6.16. The quantitative estimate of drug-likeness (QED) is 0.422. The first kappa shape index (κ1) is 8.70. The van der Waals surface area contributed by atoms with Crippen LogP contribution in [0.4, 0.5) is 0 Å². The zero-order valence-electron chi connectivity index (χ0n) is 6.16.